The predicted octanol–water partition coefficient (Wildman–Crippen LogP) is 8.32. The number of hydrogen-bond acceptors (Lipinski definition) is 4. The fourth-order valence-electron chi connectivity index (χ4n) is 5.43. The van der Waals surface area contributed by atoms with E-state index in [1.54, 1.807) is 12.4 Å². The van der Waals surface area contributed by atoms with Gasteiger partial charge in [0.15, 0.2) is 0 Å². The normalized spacial score (nSPS) is 10.9. The van der Waals surface area contributed by atoms with Gasteiger partial charge in [0.2, 0.25) is 5.82 Å². The number of hydrogen-bond donors (Lipinski definition) is 0. The summed E-state index contributed by atoms with van der Waals surface area (Å²) in [6.07, 6.45) is 3.22. The number of fused-ring (bicyclic) bond motifs is 3. The van der Waals surface area contributed by atoms with Gasteiger partial charge in [0.05, 0.1) is 22.3 Å². The molecule has 0 amide bonds. The van der Waals surface area contributed by atoms with E-state index in [0.29, 0.717) is 5.56 Å². The molecule has 0 aliphatic rings. The molecule has 5 nitrogen and oxygen atoms in total. The molecular formula is C36H21N5. The van der Waals surface area contributed by atoms with Gasteiger partial charge >= 0.3 is 0 Å². The minimum atomic E-state index is 0.111. The lowest BCUT2D eigenvalue weighted by molar-refractivity contribution is 1.11. The van der Waals surface area contributed by atoms with Crippen LogP contribution in [0.3, 0.4) is 0 Å². The van der Waals surface area contributed by atoms with Crippen LogP contribution in [0.2, 0.25) is 0 Å². The highest BCUT2D eigenvalue weighted by Crippen LogP contribution is 2.38. The maximum atomic E-state index is 10.3. The Morgan fingerprint density at radius 3 is 1.51 bits per heavy atom. The minimum absolute atomic E-state index is 0.111. The maximum Gasteiger partial charge on any atom is 0.232 e. The zero-order valence-corrected chi connectivity index (χ0v) is 21.9. The smallest absolute Gasteiger partial charge is 0.232 e. The van der Waals surface area contributed by atoms with E-state index in [1.165, 1.54) is 0 Å². The second-order valence-electron chi connectivity index (χ2n) is 9.78. The Bertz CT molecular complexity index is 2050. The van der Waals surface area contributed by atoms with E-state index in [4.69, 9.17) is 5.26 Å². The molecule has 5 heteroatoms. The Morgan fingerprint density at radius 2 is 1.00 bits per heavy atom. The summed E-state index contributed by atoms with van der Waals surface area (Å²) in [6, 6.07) is 43.9. The molecule has 0 aliphatic carbocycles. The van der Waals surface area contributed by atoms with E-state index in [0.717, 1.165) is 60.9 Å². The monoisotopic (exact) mass is 523 g/mol. The molecule has 0 spiro atoms. The third kappa shape index (κ3) is 4.19. The van der Waals surface area contributed by atoms with Crippen molar-refractivity contribution in [2.24, 2.45) is 0 Å². The molecule has 0 radical (unpaired) electrons. The summed E-state index contributed by atoms with van der Waals surface area (Å²) in [5.74, 6) is 0.111. The highest BCUT2D eigenvalue weighted by molar-refractivity contribution is 6.11. The van der Waals surface area contributed by atoms with Crippen molar-refractivity contribution in [1.82, 2.24) is 14.5 Å². The number of benzene rings is 5. The van der Waals surface area contributed by atoms with Gasteiger partial charge in [-0.2, -0.15) is 10.5 Å². The number of nitrogens with zero attached hydrogens (tertiary/aromatic N) is 5. The molecule has 2 aromatic heterocycles. The largest absolute Gasteiger partial charge is 0.308 e. The zero-order valence-electron chi connectivity index (χ0n) is 21.9. The molecule has 0 saturated carbocycles. The van der Waals surface area contributed by atoms with Crippen LogP contribution in [0.4, 0.5) is 0 Å². The molecule has 0 N–H and O–H groups in total. The standard InChI is InChI=1S/C36H21N5/c37-20-29-17-26(30-22-39-36(21-38)40-23-30)13-16-33(29)41-34-18-27(24-7-3-1-4-8-24)11-14-31(34)32-15-12-28(19-35(32)41)25-9-5-2-6-10-25/h1-19,22-23H. The quantitative estimate of drug-likeness (QED) is 0.232. The van der Waals surface area contributed by atoms with E-state index >= 15 is 0 Å². The van der Waals surface area contributed by atoms with E-state index in [2.05, 4.69) is 81.3 Å². The molecule has 2 heterocycles. The lowest BCUT2D eigenvalue weighted by Gasteiger charge is -2.13. The third-order valence-corrected chi connectivity index (χ3v) is 7.42. The Labute approximate surface area is 236 Å². The zero-order chi connectivity index (χ0) is 27.8. The van der Waals surface area contributed by atoms with Gasteiger partial charge in [-0.1, -0.05) is 91.0 Å². The highest BCUT2D eigenvalue weighted by Gasteiger charge is 2.17. The van der Waals surface area contributed by atoms with Crippen LogP contribution in [0.15, 0.2) is 128 Å². The van der Waals surface area contributed by atoms with Gasteiger partial charge in [-0.05, 0) is 52.1 Å². The summed E-state index contributed by atoms with van der Waals surface area (Å²) in [4.78, 5) is 8.20. The molecule has 7 aromatic rings. The average molecular weight is 524 g/mol. The Kier molecular flexibility index (Phi) is 5.82. The lowest BCUT2D eigenvalue weighted by atomic mass is 10.0. The second kappa shape index (κ2) is 9.93. The molecule has 0 unspecified atom stereocenters. The van der Waals surface area contributed by atoms with Gasteiger partial charge in [-0.15, -0.1) is 0 Å². The number of aromatic nitrogens is 3. The summed E-state index contributed by atoms with van der Waals surface area (Å²) in [7, 11) is 0. The molecule has 41 heavy (non-hydrogen) atoms. The number of rotatable bonds is 4. The topological polar surface area (TPSA) is 78.3 Å². The first-order chi connectivity index (χ1) is 20.2. The Balaban J connectivity index is 1.49. The molecule has 0 saturated heterocycles. The van der Waals surface area contributed by atoms with E-state index in [-0.39, 0.29) is 5.82 Å². The maximum absolute atomic E-state index is 10.3. The van der Waals surface area contributed by atoms with Gasteiger partial charge in [0.1, 0.15) is 12.1 Å². The van der Waals surface area contributed by atoms with Crippen molar-refractivity contribution in [3.63, 3.8) is 0 Å². The Hall–Kier alpha value is -6.04. The van der Waals surface area contributed by atoms with Crippen molar-refractivity contribution < 1.29 is 0 Å². The Morgan fingerprint density at radius 1 is 0.488 bits per heavy atom. The van der Waals surface area contributed by atoms with Crippen molar-refractivity contribution in [2.75, 3.05) is 0 Å². The fraction of sp³-hybridized carbons (Fsp3) is 0. The summed E-state index contributed by atoms with van der Waals surface area (Å²) in [5, 5.41) is 21.6. The van der Waals surface area contributed by atoms with Crippen LogP contribution in [0.5, 0.6) is 0 Å². The molecule has 0 fully saturated rings. The molecule has 0 aliphatic heterocycles. The van der Waals surface area contributed by atoms with E-state index in [9.17, 15) is 5.26 Å². The summed E-state index contributed by atoms with van der Waals surface area (Å²) in [6.45, 7) is 0. The van der Waals surface area contributed by atoms with Crippen LogP contribution in [0, 0.1) is 22.7 Å². The summed E-state index contributed by atoms with van der Waals surface area (Å²) < 4.78 is 2.20. The van der Waals surface area contributed by atoms with Crippen molar-refractivity contribution >= 4 is 21.8 Å². The van der Waals surface area contributed by atoms with Crippen LogP contribution in [0.1, 0.15) is 11.4 Å². The van der Waals surface area contributed by atoms with Crippen LogP contribution < -0.4 is 0 Å². The lowest BCUT2D eigenvalue weighted by Crippen LogP contribution is -1.99. The molecule has 5 aromatic carbocycles. The van der Waals surface area contributed by atoms with Crippen LogP contribution in [0.25, 0.3) is 60.9 Å². The average Bonchev–Trinajstić information content (AvgIpc) is 3.38. The van der Waals surface area contributed by atoms with Gasteiger partial charge in [-0.25, -0.2) is 9.97 Å². The third-order valence-electron chi connectivity index (χ3n) is 7.42. The molecule has 190 valence electrons. The molecule has 7 rings (SSSR count). The first-order valence-corrected chi connectivity index (χ1v) is 13.2. The first-order valence-electron chi connectivity index (χ1n) is 13.2. The highest BCUT2D eigenvalue weighted by atomic mass is 15.0. The van der Waals surface area contributed by atoms with Crippen molar-refractivity contribution in [3.05, 3.63) is 139 Å². The van der Waals surface area contributed by atoms with E-state index in [1.807, 2.05) is 60.7 Å². The van der Waals surface area contributed by atoms with Crippen molar-refractivity contribution in [3.8, 4) is 51.2 Å². The van der Waals surface area contributed by atoms with Crippen LogP contribution >= 0.6 is 0 Å². The molecular weight excluding hydrogens is 502 g/mol. The van der Waals surface area contributed by atoms with Gasteiger partial charge in [-0.3, -0.25) is 0 Å². The SMILES string of the molecule is N#Cc1ncc(-c2ccc(-n3c4cc(-c5ccccc5)ccc4c4ccc(-c5ccccc5)cc43)c(C#N)c2)cn1. The summed E-state index contributed by atoms with van der Waals surface area (Å²) >= 11 is 0. The van der Waals surface area contributed by atoms with Gasteiger partial charge in [0.25, 0.3) is 0 Å². The van der Waals surface area contributed by atoms with E-state index < -0.39 is 0 Å². The first kappa shape index (κ1) is 24.0. The predicted molar refractivity (Wildman–Crippen MR) is 162 cm³/mol. The van der Waals surface area contributed by atoms with Gasteiger partial charge in [0, 0.05) is 28.7 Å². The van der Waals surface area contributed by atoms with Gasteiger partial charge < -0.3 is 4.57 Å². The number of nitriles is 2. The minimum Gasteiger partial charge on any atom is -0.308 e. The van der Waals surface area contributed by atoms with Crippen molar-refractivity contribution in [2.45, 2.75) is 0 Å². The van der Waals surface area contributed by atoms with Crippen LogP contribution in [-0.2, 0) is 0 Å². The van der Waals surface area contributed by atoms with Crippen LogP contribution in [-0.4, -0.2) is 14.5 Å². The van der Waals surface area contributed by atoms with Crippen molar-refractivity contribution in [1.29, 1.82) is 10.5 Å². The summed E-state index contributed by atoms with van der Waals surface area (Å²) in [5.41, 5.74) is 9.40. The second-order valence-corrected chi connectivity index (χ2v) is 9.78. The molecule has 0 bridgehead atoms. The fourth-order valence-corrected chi connectivity index (χ4v) is 5.43. The molecule has 0 atom stereocenters.